The molecular weight excluding hydrogens is 688 g/mol. The van der Waals surface area contributed by atoms with Crippen LogP contribution in [0.25, 0.3) is 0 Å². The molecule has 9 aliphatic rings. The van der Waals surface area contributed by atoms with Gasteiger partial charge in [-0.15, -0.1) is 0 Å². The highest BCUT2D eigenvalue weighted by atomic mass is 16.6. The molecule has 0 radical (unpaired) electrons. The standard InChI is InChI=1S/C40H46O13/c1-17-8-9-50-27(41)6-7-28(42)51-14-19-15-53-40-20(19)12-25-36(3,21-10-24(21)39(25,48)16-52-34(17)45)26(40)13-38(47)23-11-22(23)37(4)32(38)30(40)29(31(43)33(37)44)18(2)35(46)49-5/h8,21-26,33,44,47-48H,6-7,9-16H2,1-5H3/b17-8+,29-18-/t21-,22-,23+,24+,25-,26?,33+,36+,37+,38+,39+,40+/m1/s1. The maximum atomic E-state index is 14.6. The van der Waals surface area contributed by atoms with Crippen molar-refractivity contribution >= 4 is 29.7 Å². The van der Waals surface area contributed by atoms with Gasteiger partial charge in [0.2, 0.25) is 0 Å². The van der Waals surface area contributed by atoms with Gasteiger partial charge in [-0.25, -0.2) is 9.59 Å². The van der Waals surface area contributed by atoms with Crippen LogP contribution in [-0.4, -0.2) is 101 Å². The van der Waals surface area contributed by atoms with Gasteiger partial charge in [0.05, 0.1) is 32.2 Å². The Kier molecular flexibility index (Phi) is 7.27. The van der Waals surface area contributed by atoms with Crippen LogP contribution in [0.5, 0.6) is 0 Å². The lowest BCUT2D eigenvalue weighted by Crippen LogP contribution is -2.67. The molecule has 9 rings (SSSR count). The minimum Gasteiger partial charge on any atom is -0.466 e. The molecule has 0 aromatic rings. The summed E-state index contributed by atoms with van der Waals surface area (Å²) in [6.45, 7) is 6.31. The molecule has 1 spiro atoms. The van der Waals surface area contributed by atoms with E-state index < -0.39 is 75.2 Å². The highest BCUT2D eigenvalue weighted by molar-refractivity contribution is 6.12. The Morgan fingerprint density at radius 3 is 2.34 bits per heavy atom. The van der Waals surface area contributed by atoms with Crippen molar-refractivity contribution in [2.45, 2.75) is 89.1 Å². The van der Waals surface area contributed by atoms with E-state index >= 15 is 0 Å². The summed E-state index contributed by atoms with van der Waals surface area (Å²) in [4.78, 5) is 66.5. The summed E-state index contributed by atoms with van der Waals surface area (Å²) in [5.74, 6) is -5.01. The lowest BCUT2D eigenvalue weighted by Gasteiger charge is -2.64. The second-order valence-corrected chi connectivity index (χ2v) is 17.4. The second kappa shape index (κ2) is 11.0. The Balaban J connectivity index is 1.27. The number of carbonyl (C=O) groups excluding carboxylic acids is 5. The Labute approximate surface area is 306 Å². The van der Waals surface area contributed by atoms with Crippen molar-refractivity contribution in [1.82, 2.24) is 0 Å². The highest BCUT2D eigenvalue weighted by Crippen LogP contribution is 2.83. The van der Waals surface area contributed by atoms with Crippen LogP contribution in [0.4, 0.5) is 0 Å². The fraction of sp³-hybridized carbons (Fsp3) is 0.675. The number of hydrogen-bond donors (Lipinski definition) is 3. The molecular formula is C40H46O13. The van der Waals surface area contributed by atoms with Crippen molar-refractivity contribution in [2.75, 3.05) is 33.5 Å². The SMILES string of the molecule is COC(=O)/C(C)=C1\C(=O)[C@H](O)[C@]2(C)C3=C1[C@]14OCC5=C1C[C@H]1[C@](O)(COC(=O)/C(C)=C/COC(=O)CCC(=O)OC5)[C@H]5C[C@H]5[C@]1(C)C4C[C@]3(O)[C@H]1C[C@H]12. The van der Waals surface area contributed by atoms with Gasteiger partial charge in [0.15, 0.2) is 5.78 Å². The van der Waals surface area contributed by atoms with Gasteiger partial charge in [0.1, 0.15) is 37.1 Å². The average molecular weight is 735 g/mol. The Morgan fingerprint density at radius 2 is 1.62 bits per heavy atom. The first kappa shape index (κ1) is 35.1. The molecule has 0 aromatic carbocycles. The van der Waals surface area contributed by atoms with Crippen LogP contribution in [-0.2, 0) is 47.7 Å². The molecule has 2 heterocycles. The first-order chi connectivity index (χ1) is 25.0. The van der Waals surface area contributed by atoms with E-state index in [-0.39, 0.29) is 92.5 Å². The molecule has 5 fully saturated rings. The molecule has 3 N–H and O–H groups in total. The number of cyclic esters (lactones) is 3. The minimum atomic E-state index is -1.51. The third-order valence-corrected chi connectivity index (χ3v) is 15.4. The van der Waals surface area contributed by atoms with Crippen LogP contribution in [0, 0.1) is 46.3 Å². The number of rotatable bonds is 1. The number of methoxy groups -OCH3 is 1. The predicted molar refractivity (Wildman–Crippen MR) is 180 cm³/mol. The Bertz CT molecular complexity index is 1940. The summed E-state index contributed by atoms with van der Waals surface area (Å²) < 4.78 is 28.9. The van der Waals surface area contributed by atoms with E-state index in [1.165, 1.54) is 27.0 Å². The fourth-order valence-corrected chi connectivity index (χ4v) is 12.8. The van der Waals surface area contributed by atoms with Crippen LogP contribution in [0.1, 0.15) is 66.2 Å². The van der Waals surface area contributed by atoms with Crippen molar-refractivity contribution in [1.29, 1.82) is 0 Å². The van der Waals surface area contributed by atoms with Crippen molar-refractivity contribution < 1.29 is 63.0 Å². The molecule has 0 amide bonds. The van der Waals surface area contributed by atoms with E-state index in [0.717, 1.165) is 0 Å². The second-order valence-electron chi connectivity index (χ2n) is 17.4. The average Bonchev–Trinajstić information content (AvgIpc) is 4.05. The third-order valence-electron chi connectivity index (χ3n) is 15.4. The number of hydrogen-bond acceptors (Lipinski definition) is 13. The maximum absolute atomic E-state index is 14.6. The molecule has 5 saturated carbocycles. The van der Waals surface area contributed by atoms with Crippen LogP contribution in [0.3, 0.4) is 0 Å². The maximum Gasteiger partial charge on any atom is 0.334 e. The van der Waals surface area contributed by atoms with E-state index in [1.54, 1.807) is 0 Å². The number of aliphatic hydroxyl groups is 3. The zero-order chi connectivity index (χ0) is 37.8. The van der Waals surface area contributed by atoms with Crippen molar-refractivity contribution in [3.8, 4) is 0 Å². The first-order valence-corrected chi connectivity index (χ1v) is 18.7. The number of fused-ring (bicyclic) bond motifs is 7. The molecule has 0 aromatic heterocycles. The first-order valence-electron chi connectivity index (χ1n) is 18.7. The van der Waals surface area contributed by atoms with Gasteiger partial charge in [-0.2, -0.15) is 0 Å². The summed E-state index contributed by atoms with van der Waals surface area (Å²) in [5, 5.41) is 37.7. The summed E-state index contributed by atoms with van der Waals surface area (Å²) >= 11 is 0. The van der Waals surface area contributed by atoms with E-state index in [0.29, 0.717) is 35.1 Å². The number of ether oxygens (including phenoxy) is 5. The largest absolute Gasteiger partial charge is 0.466 e. The van der Waals surface area contributed by atoms with Gasteiger partial charge < -0.3 is 39.0 Å². The van der Waals surface area contributed by atoms with Crippen LogP contribution < -0.4 is 0 Å². The molecule has 12 atom stereocenters. The molecule has 1 unspecified atom stereocenters. The lowest BCUT2D eigenvalue weighted by molar-refractivity contribution is -0.179. The molecule has 53 heavy (non-hydrogen) atoms. The summed E-state index contributed by atoms with van der Waals surface area (Å²) in [5.41, 5.74) is -3.72. The smallest absolute Gasteiger partial charge is 0.334 e. The molecule has 2 aliphatic heterocycles. The summed E-state index contributed by atoms with van der Waals surface area (Å²) in [6, 6.07) is 0. The quantitative estimate of drug-likeness (QED) is 0.154. The van der Waals surface area contributed by atoms with Gasteiger partial charge in [-0.05, 0) is 91.4 Å². The van der Waals surface area contributed by atoms with Crippen LogP contribution in [0.15, 0.2) is 45.1 Å². The van der Waals surface area contributed by atoms with E-state index in [2.05, 4.69) is 6.92 Å². The molecule has 0 saturated heterocycles. The molecule has 2 bridgehead atoms. The van der Waals surface area contributed by atoms with Gasteiger partial charge >= 0.3 is 23.9 Å². The van der Waals surface area contributed by atoms with Crippen molar-refractivity contribution in [2.24, 2.45) is 46.3 Å². The topological polar surface area (TPSA) is 192 Å². The normalized spacial score (nSPS) is 48.8. The summed E-state index contributed by atoms with van der Waals surface area (Å²) in [6.07, 6.45) is 1.17. The summed E-state index contributed by atoms with van der Waals surface area (Å²) in [7, 11) is 1.22. The predicted octanol–water partition coefficient (Wildman–Crippen LogP) is 1.97. The monoisotopic (exact) mass is 734 g/mol. The molecule has 13 nitrogen and oxygen atoms in total. The lowest BCUT2D eigenvalue weighted by atomic mass is 9.43. The Hall–Kier alpha value is -3.65. The van der Waals surface area contributed by atoms with Crippen molar-refractivity contribution in [3.05, 3.63) is 45.1 Å². The van der Waals surface area contributed by atoms with Gasteiger partial charge in [0, 0.05) is 39.5 Å². The van der Waals surface area contributed by atoms with Gasteiger partial charge in [-0.3, -0.25) is 14.4 Å². The van der Waals surface area contributed by atoms with E-state index in [9.17, 15) is 39.3 Å². The van der Waals surface area contributed by atoms with E-state index in [1.807, 2.05) is 6.92 Å². The van der Waals surface area contributed by atoms with Gasteiger partial charge in [0.25, 0.3) is 0 Å². The number of carbonyl (C=O) groups is 5. The molecule has 7 aliphatic carbocycles. The number of aliphatic hydroxyl groups excluding tert-OH is 1. The number of Topliss-reactive ketones (excluding diaryl/α,β-unsaturated/α-hetero) is 1. The van der Waals surface area contributed by atoms with Gasteiger partial charge in [-0.1, -0.05) is 13.8 Å². The van der Waals surface area contributed by atoms with Crippen LogP contribution >= 0.6 is 0 Å². The third kappa shape index (κ3) is 4.20. The number of esters is 4. The minimum absolute atomic E-state index is 0.00443. The fourth-order valence-electron chi connectivity index (χ4n) is 12.8. The van der Waals surface area contributed by atoms with Crippen LogP contribution in [0.2, 0.25) is 0 Å². The number of ketones is 1. The zero-order valence-corrected chi connectivity index (χ0v) is 30.6. The highest BCUT2D eigenvalue weighted by Gasteiger charge is 2.85. The van der Waals surface area contributed by atoms with Crippen molar-refractivity contribution in [3.63, 3.8) is 0 Å². The van der Waals surface area contributed by atoms with E-state index in [4.69, 9.17) is 23.7 Å². The molecule has 284 valence electrons. The zero-order valence-electron chi connectivity index (χ0n) is 30.6. The molecule has 13 heteroatoms. The Morgan fingerprint density at radius 1 is 0.925 bits per heavy atom.